The maximum absolute atomic E-state index is 11.4. The average molecular weight is 184 g/mol. The van der Waals surface area contributed by atoms with Crippen molar-refractivity contribution in [2.24, 2.45) is 0 Å². The van der Waals surface area contributed by atoms with Crippen molar-refractivity contribution >= 4 is 5.91 Å². The molecule has 1 aliphatic heterocycles. The zero-order valence-corrected chi connectivity index (χ0v) is 8.16. The topological polar surface area (TPSA) is 43.8 Å². The van der Waals surface area contributed by atoms with Crippen molar-refractivity contribution in [1.82, 2.24) is 9.80 Å². The highest BCUT2D eigenvalue weighted by molar-refractivity contribution is 5.87. The van der Waals surface area contributed by atoms with Gasteiger partial charge in [0.25, 0.3) is 0 Å². The Morgan fingerprint density at radius 2 is 1.85 bits per heavy atom. The second-order valence-corrected chi connectivity index (χ2v) is 3.41. The van der Waals surface area contributed by atoms with Gasteiger partial charge in [-0.1, -0.05) is 0 Å². The Kier molecular flexibility index (Phi) is 3.31. The van der Waals surface area contributed by atoms with Crippen LogP contribution < -0.4 is 0 Å². The van der Waals surface area contributed by atoms with Gasteiger partial charge < -0.3 is 14.9 Å². The number of likely N-dealkylation sites (N-methyl/N-ethyl adjacent to an activating group) is 1. The lowest BCUT2D eigenvalue weighted by Gasteiger charge is -2.31. The first kappa shape index (κ1) is 10.1. The van der Waals surface area contributed by atoms with Crippen molar-refractivity contribution in [2.75, 3.05) is 33.2 Å². The van der Waals surface area contributed by atoms with Gasteiger partial charge in [-0.05, 0) is 14.0 Å². The highest BCUT2D eigenvalue weighted by Crippen LogP contribution is 2.01. The molecule has 0 aromatic rings. The van der Waals surface area contributed by atoms with Crippen LogP contribution in [-0.2, 0) is 4.79 Å². The minimum absolute atomic E-state index is 0.0731. The third kappa shape index (κ3) is 3.06. The molecule has 1 amide bonds. The molecule has 1 rings (SSSR count). The minimum Gasteiger partial charge on any atom is -0.512 e. The number of nitrogens with zero attached hydrogens (tertiary/aromatic N) is 2. The van der Waals surface area contributed by atoms with Crippen LogP contribution in [-0.4, -0.2) is 54.0 Å². The van der Waals surface area contributed by atoms with E-state index in [9.17, 15) is 4.79 Å². The quantitative estimate of drug-likeness (QED) is 0.468. The molecule has 0 saturated carbocycles. The number of hydrogen-bond donors (Lipinski definition) is 1. The van der Waals surface area contributed by atoms with E-state index in [0.29, 0.717) is 0 Å². The third-order valence-electron chi connectivity index (χ3n) is 2.15. The van der Waals surface area contributed by atoms with Gasteiger partial charge in [0.1, 0.15) is 0 Å². The Morgan fingerprint density at radius 3 is 2.31 bits per heavy atom. The van der Waals surface area contributed by atoms with E-state index in [2.05, 4.69) is 4.90 Å². The first-order valence-corrected chi connectivity index (χ1v) is 4.44. The summed E-state index contributed by atoms with van der Waals surface area (Å²) in [5.41, 5.74) is 0. The van der Waals surface area contributed by atoms with Crippen molar-refractivity contribution in [2.45, 2.75) is 6.92 Å². The molecule has 4 heteroatoms. The second-order valence-electron chi connectivity index (χ2n) is 3.41. The largest absolute Gasteiger partial charge is 0.512 e. The minimum atomic E-state index is -0.0897. The van der Waals surface area contributed by atoms with E-state index >= 15 is 0 Å². The lowest BCUT2D eigenvalue weighted by atomic mass is 10.3. The highest BCUT2D eigenvalue weighted by atomic mass is 16.3. The van der Waals surface area contributed by atoms with Gasteiger partial charge in [-0.2, -0.15) is 0 Å². The summed E-state index contributed by atoms with van der Waals surface area (Å²) in [7, 11) is 2.04. The van der Waals surface area contributed by atoms with Crippen LogP contribution in [0.3, 0.4) is 0 Å². The Bertz CT molecular complexity index is 214. The predicted molar refractivity (Wildman–Crippen MR) is 50.5 cm³/mol. The first-order valence-electron chi connectivity index (χ1n) is 4.44. The average Bonchev–Trinajstić information content (AvgIpc) is 2.04. The molecule has 4 nitrogen and oxygen atoms in total. The van der Waals surface area contributed by atoms with E-state index < -0.39 is 0 Å². The molecule has 1 heterocycles. The number of aliphatic hydroxyl groups excluding tert-OH is 1. The lowest BCUT2D eigenvalue weighted by Crippen LogP contribution is -2.46. The molecule has 0 unspecified atom stereocenters. The summed E-state index contributed by atoms with van der Waals surface area (Å²) < 4.78 is 0. The summed E-state index contributed by atoms with van der Waals surface area (Å²) >= 11 is 0. The molecule has 1 N–H and O–H groups in total. The van der Waals surface area contributed by atoms with Gasteiger partial charge in [-0.3, -0.25) is 4.79 Å². The van der Waals surface area contributed by atoms with Gasteiger partial charge in [0.15, 0.2) is 0 Å². The number of carbonyl (C=O) groups excluding carboxylic acids is 1. The van der Waals surface area contributed by atoms with Gasteiger partial charge in [0, 0.05) is 32.3 Å². The molecular weight excluding hydrogens is 168 g/mol. The number of carbonyl (C=O) groups is 1. The number of amides is 1. The molecule has 13 heavy (non-hydrogen) atoms. The van der Waals surface area contributed by atoms with Gasteiger partial charge in [0.2, 0.25) is 5.91 Å². The molecule has 1 aliphatic rings. The maximum Gasteiger partial charge on any atom is 0.249 e. The number of hydrogen-bond acceptors (Lipinski definition) is 3. The summed E-state index contributed by atoms with van der Waals surface area (Å²) in [6, 6.07) is 0. The molecule has 74 valence electrons. The summed E-state index contributed by atoms with van der Waals surface area (Å²) in [4.78, 5) is 15.3. The summed E-state index contributed by atoms with van der Waals surface area (Å²) in [6.45, 7) is 4.82. The van der Waals surface area contributed by atoms with Crippen molar-refractivity contribution < 1.29 is 9.90 Å². The number of piperazine rings is 1. The van der Waals surface area contributed by atoms with E-state index in [1.54, 1.807) is 4.90 Å². The fourth-order valence-corrected chi connectivity index (χ4v) is 1.30. The van der Waals surface area contributed by atoms with Crippen molar-refractivity contribution in [3.63, 3.8) is 0 Å². The number of allylic oxidation sites excluding steroid dienone is 1. The summed E-state index contributed by atoms with van der Waals surface area (Å²) in [6.07, 6.45) is 1.27. The summed E-state index contributed by atoms with van der Waals surface area (Å²) in [5, 5.41) is 8.91. The monoisotopic (exact) mass is 184 g/mol. The predicted octanol–water partition coefficient (Wildman–Crippen LogP) is 0.222. The van der Waals surface area contributed by atoms with Crippen LogP contribution >= 0.6 is 0 Å². The van der Waals surface area contributed by atoms with Crippen LogP contribution in [0, 0.1) is 0 Å². The smallest absolute Gasteiger partial charge is 0.249 e. The molecule has 1 saturated heterocycles. The van der Waals surface area contributed by atoms with Crippen molar-refractivity contribution in [1.29, 1.82) is 0 Å². The van der Waals surface area contributed by atoms with Crippen LogP contribution in [0.2, 0.25) is 0 Å². The Balaban J connectivity index is 2.45. The van der Waals surface area contributed by atoms with Crippen LogP contribution in [0.5, 0.6) is 0 Å². The third-order valence-corrected chi connectivity index (χ3v) is 2.15. The zero-order valence-electron chi connectivity index (χ0n) is 8.16. The van der Waals surface area contributed by atoms with Crippen LogP contribution in [0.15, 0.2) is 11.8 Å². The Morgan fingerprint density at radius 1 is 1.31 bits per heavy atom. The molecule has 0 spiro atoms. The first-order chi connectivity index (χ1) is 6.09. The van der Waals surface area contributed by atoms with Gasteiger partial charge in [-0.15, -0.1) is 0 Å². The van der Waals surface area contributed by atoms with Crippen molar-refractivity contribution in [3.05, 3.63) is 11.8 Å². The number of aliphatic hydroxyl groups is 1. The fourth-order valence-electron chi connectivity index (χ4n) is 1.30. The SMILES string of the molecule is CC(O)=CC(=O)N1CCN(C)CC1. The van der Waals surface area contributed by atoms with Gasteiger partial charge in [-0.25, -0.2) is 0 Å². The molecular formula is C9H16N2O2. The number of rotatable bonds is 1. The summed E-state index contributed by atoms with van der Waals surface area (Å²) in [5.74, 6) is -0.0166. The molecule has 0 aromatic carbocycles. The molecule has 0 atom stereocenters. The van der Waals surface area contributed by atoms with Crippen LogP contribution in [0.25, 0.3) is 0 Å². The van der Waals surface area contributed by atoms with E-state index in [-0.39, 0.29) is 11.7 Å². The van der Waals surface area contributed by atoms with Gasteiger partial charge in [0.05, 0.1) is 5.76 Å². The van der Waals surface area contributed by atoms with Crippen LogP contribution in [0.1, 0.15) is 6.92 Å². The van der Waals surface area contributed by atoms with E-state index in [4.69, 9.17) is 5.11 Å². The standard InChI is InChI=1S/C9H16N2O2/c1-8(12)7-9(13)11-5-3-10(2)4-6-11/h7,12H,3-6H2,1-2H3. The van der Waals surface area contributed by atoms with Gasteiger partial charge >= 0.3 is 0 Å². The zero-order chi connectivity index (χ0) is 9.84. The molecule has 0 bridgehead atoms. The Hall–Kier alpha value is -1.03. The van der Waals surface area contributed by atoms with Crippen LogP contribution in [0.4, 0.5) is 0 Å². The van der Waals surface area contributed by atoms with E-state index in [1.807, 2.05) is 7.05 Å². The fraction of sp³-hybridized carbons (Fsp3) is 0.667. The molecule has 1 fully saturated rings. The molecule has 0 aliphatic carbocycles. The molecule has 0 radical (unpaired) electrons. The Labute approximate surface area is 78.4 Å². The second kappa shape index (κ2) is 4.28. The lowest BCUT2D eigenvalue weighted by molar-refractivity contribution is -0.127. The normalized spacial score (nSPS) is 20.5. The van der Waals surface area contributed by atoms with E-state index in [1.165, 1.54) is 13.0 Å². The van der Waals surface area contributed by atoms with Crippen molar-refractivity contribution in [3.8, 4) is 0 Å². The van der Waals surface area contributed by atoms with E-state index in [0.717, 1.165) is 26.2 Å². The highest BCUT2D eigenvalue weighted by Gasteiger charge is 2.17. The maximum atomic E-state index is 11.4. The molecule has 0 aromatic heterocycles.